The van der Waals surface area contributed by atoms with Crippen LogP contribution in [0.25, 0.3) is 17.2 Å². The van der Waals surface area contributed by atoms with Gasteiger partial charge in [0.25, 0.3) is 0 Å². The van der Waals surface area contributed by atoms with E-state index in [1.54, 1.807) is 36.5 Å². The third-order valence-electron chi connectivity index (χ3n) is 2.53. The second kappa shape index (κ2) is 6.06. The van der Waals surface area contributed by atoms with E-state index in [1.807, 2.05) is 0 Å². The molecule has 1 heterocycles. The summed E-state index contributed by atoms with van der Waals surface area (Å²) in [6.07, 6.45) is 2.71. The van der Waals surface area contributed by atoms with Gasteiger partial charge in [0.2, 0.25) is 5.88 Å². The van der Waals surface area contributed by atoms with Gasteiger partial charge in [-0.3, -0.25) is 0 Å². The van der Waals surface area contributed by atoms with E-state index in [0.717, 1.165) is 11.6 Å². The number of nitrogens with zero attached hydrogens (tertiary/aromatic N) is 2. The van der Waals surface area contributed by atoms with Gasteiger partial charge in [-0.05, 0) is 6.08 Å². The monoisotopic (exact) mass is 260 g/mol. The molecular weight excluding hydrogens is 247 g/mol. The lowest BCUT2D eigenvalue weighted by molar-refractivity contribution is 0.342. The number of ether oxygens (including phenoxy) is 1. The van der Waals surface area contributed by atoms with E-state index in [0.29, 0.717) is 17.3 Å². The molecule has 0 saturated carbocycles. The minimum absolute atomic E-state index is 0.327. The van der Waals surface area contributed by atoms with E-state index in [4.69, 9.17) is 9.84 Å². The molecule has 0 aliphatic rings. The predicted octanol–water partition coefficient (Wildman–Crippen LogP) is 2.45. The van der Waals surface area contributed by atoms with Crippen LogP contribution in [0.15, 0.2) is 42.6 Å². The van der Waals surface area contributed by atoms with Gasteiger partial charge in [0.15, 0.2) is 5.82 Å². The quantitative estimate of drug-likeness (QED) is 0.917. The summed E-state index contributed by atoms with van der Waals surface area (Å²) in [7, 11) is 1.53. The van der Waals surface area contributed by atoms with Gasteiger partial charge >= 0.3 is 0 Å². The average Bonchev–Trinajstić information content (AvgIpc) is 2.48. The third-order valence-corrected chi connectivity index (χ3v) is 2.53. The molecule has 0 spiro atoms. The van der Waals surface area contributed by atoms with Crippen LogP contribution < -0.4 is 4.74 Å². The largest absolute Gasteiger partial charge is 0.481 e. The van der Waals surface area contributed by atoms with Gasteiger partial charge in [-0.2, -0.15) is 4.98 Å². The van der Waals surface area contributed by atoms with Crippen LogP contribution in [0.1, 0.15) is 5.56 Å². The Hall–Kier alpha value is -2.27. The number of aliphatic hydroxyl groups is 1. The summed E-state index contributed by atoms with van der Waals surface area (Å²) < 4.78 is 18.5. The lowest BCUT2D eigenvalue weighted by Crippen LogP contribution is -1.92. The molecule has 0 fully saturated rings. The van der Waals surface area contributed by atoms with Gasteiger partial charge < -0.3 is 9.84 Å². The molecule has 1 N–H and O–H groups in total. The van der Waals surface area contributed by atoms with Crippen molar-refractivity contribution in [2.45, 2.75) is 0 Å². The maximum absolute atomic E-state index is 13.4. The number of hydrogen-bond acceptors (Lipinski definition) is 4. The summed E-state index contributed by atoms with van der Waals surface area (Å²) in [5.41, 5.74) is 1.17. The number of hydrogen-bond donors (Lipinski definition) is 1. The van der Waals surface area contributed by atoms with Crippen LogP contribution in [0.2, 0.25) is 0 Å². The Labute approximate surface area is 110 Å². The van der Waals surface area contributed by atoms with E-state index in [1.165, 1.54) is 7.11 Å². The fraction of sp³-hybridized carbons (Fsp3) is 0.143. The van der Waals surface area contributed by atoms with Crippen LogP contribution >= 0.6 is 0 Å². The van der Waals surface area contributed by atoms with E-state index in [-0.39, 0.29) is 6.61 Å². The molecule has 1 aromatic carbocycles. The standard InChI is InChI=1S/C14H13FN2O2/c1-19-13-6-8-16-14(17-13)11-4-2-10(3-5-11)12(15)7-9-18/h2-8,18H,9H2,1H3/b12-7-. The summed E-state index contributed by atoms with van der Waals surface area (Å²) in [6, 6.07) is 8.31. The summed E-state index contributed by atoms with van der Waals surface area (Å²) in [4.78, 5) is 8.32. The first-order chi connectivity index (χ1) is 9.24. The molecule has 0 atom stereocenters. The zero-order valence-electron chi connectivity index (χ0n) is 10.4. The smallest absolute Gasteiger partial charge is 0.216 e. The van der Waals surface area contributed by atoms with Gasteiger partial charge in [0.1, 0.15) is 5.83 Å². The first-order valence-corrected chi connectivity index (χ1v) is 5.69. The highest BCUT2D eigenvalue weighted by Gasteiger charge is 2.04. The summed E-state index contributed by atoms with van der Waals surface area (Å²) in [5.74, 6) is 0.526. The van der Waals surface area contributed by atoms with Gasteiger partial charge in [0.05, 0.1) is 13.7 Å². The Morgan fingerprint density at radius 2 is 2.05 bits per heavy atom. The molecule has 5 heteroatoms. The molecule has 0 aliphatic heterocycles. The molecule has 0 bridgehead atoms. The topological polar surface area (TPSA) is 55.2 Å². The summed E-state index contributed by atoms with van der Waals surface area (Å²) in [6.45, 7) is -0.327. The summed E-state index contributed by atoms with van der Waals surface area (Å²) in [5, 5.41) is 8.64. The van der Waals surface area contributed by atoms with Gasteiger partial charge in [-0.25, -0.2) is 9.37 Å². The van der Waals surface area contributed by atoms with Gasteiger partial charge in [-0.1, -0.05) is 24.3 Å². The molecule has 1 aromatic heterocycles. The van der Waals surface area contributed by atoms with Crippen molar-refractivity contribution < 1.29 is 14.2 Å². The third kappa shape index (κ3) is 3.14. The van der Waals surface area contributed by atoms with Crippen LogP contribution in [-0.2, 0) is 0 Å². The van der Waals surface area contributed by atoms with Crippen molar-refractivity contribution in [3.8, 4) is 17.3 Å². The van der Waals surface area contributed by atoms with E-state index in [9.17, 15) is 4.39 Å². The number of methoxy groups -OCH3 is 1. The van der Waals surface area contributed by atoms with E-state index in [2.05, 4.69) is 9.97 Å². The van der Waals surface area contributed by atoms with Crippen molar-refractivity contribution >= 4 is 5.83 Å². The SMILES string of the molecule is COc1ccnc(-c2ccc(/C(F)=C/CO)cc2)n1. The minimum Gasteiger partial charge on any atom is -0.481 e. The Morgan fingerprint density at radius 1 is 1.32 bits per heavy atom. The minimum atomic E-state index is -0.458. The van der Waals surface area contributed by atoms with Crippen LogP contribution in [-0.4, -0.2) is 28.8 Å². The number of halogens is 1. The maximum Gasteiger partial charge on any atom is 0.216 e. The Balaban J connectivity index is 2.29. The maximum atomic E-state index is 13.4. The fourth-order valence-electron chi connectivity index (χ4n) is 1.57. The lowest BCUT2D eigenvalue weighted by atomic mass is 10.1. The highest BCUT2D eigenvalue weighted by Crippen LogP contribution is 2.21. The molecule has 19 heavy (non-hydrogen) atoms. The molecular formula is C14H13FN2O2. The van der Waals surface area contributed by atoms with Crippen molar-refractivity contribution in [3.63, 3.8) is 0 Å². The van der Waals surface area contributed by atoms with Crippen LogP contribution in [0.3, 0.4) is 0 Å². The highest BCUT2D eigenvalue weighted by molar-refractivity contribution is 5.64. The molecule has 0 saturated heterocycles. The molecule has 4 nitrogen and oxygen atoms in total. The summed E-state index contributed by atoms with van der Waals surface area (Å²) >= 11 is 0. The second-order valence-corrected chi connectivity index (χ2v) is 3.73. The number of aromatic nitrogens is 2. The second-order valence-electron chi connectivity index (χ2n) is 3.73. The van der Waals surface area contributed by atoms with Gasteiger partial charge in [0, 0.05) is 23.4 Å². The molecule has 0 aliphatic carbocycles. The molecule has 98 valence electrons. The Kier molecular flexibility index (Phi) is 4.20. The van der Waals surface area contributed by atoms with Crippen LogP contribution in [0.4, 0.5) is 4.39 Å². The number of rotatable bonds is 4. The average molecular weight is 260 g/mol. The lowest BCUT2D eigenvalue weighted by Gasteiger charge is -2.03. The number of aliphatic hydroxyl groups excluding tert-OH is 1. The molecule has 0 amide bonds. The van der Waals surface area contributed by atoms with Crippen molar-refractivity contribution in [3.05, 3.63) is 48.2 Å². The zero-order valence-corrected chi connectivity index (χ0v) is 10.4. The van der Waals surface area contributed by atoms with E-state index >= 15 is 0 Å². The van der Waals surface area contributed by atoms with Crippen LogP contribution in [0.5, 0.6) is 5.88 Å². The first kappa shape index (κ1) is 13.2. The zero-order chi connectivity index (χ0) is 13.7. The predicted molar refractivity (Wildman–Crippen MR) is 70.2 cm³/mol. The van der Waals surface area contributed by atoms with E-state index < -0.39 is 5.83 Å². The van der Waals surface area contributed by atoms with Crippen molar-refractivity contribution in [2.75, 3.05) is 13.7 Å². The van der Waals surface area contributed by atoms with Gasteiger partial charge in [-0.15, -0.1) is 0 Å². The molecule has 2 aromatic rings. The fourth-order valence-corrected chi connectivity index (χ4v) is 1.57. The van der Waals surface area contributed by atoms with Crippen molar-refractivity contribution in [1.29, 1.82) is 0 Å². The number of benzene rings is 1. The van der Waals surface area contributed by atoms with Crippen molar-refractivity contribution in [2.24, 2.45) is 0 Å². The van der Waals surface area contributed by atoms with Crippen molar-refractivity contribution in [1.82, 2.24) is 9.97 Å². The normalized spacial score (nSPS) is 11.4. The first-order valence-electron chi connectivity index (χ1n) is 5.69. The Bertz CT molecular complexity index is 582. The molecule has 0 radical (unpaired) electrons. The molecule has 2 rings (SSSR count). The Morgan fingerprint density at radius 3 is 2.68 bits per heavy atom. The molecule has 0 unspecified atom stereocenters. The van der Waals surface area contributed by atoms with Crippen LogP contribution in [0, 0.1) is 0 Å². The highest BCUT2D eigenvalue weighted by atomic mass is 19.1.